The average Bonchev–Trinajstić information content (AvgIpc) is 2.73. The predicted octanol–water partition coefficient (Wildman–Crippen LogP) is 1.27. The van der Waals surface area contributed by atoms with E-state index in [4.69, 9.17) is 10.3 Å². The largest absolute Gasteiger partial charge is 0.455 e. The number of carbonyl (C=O) groups excluding carboxylic acids is 1. The van der Waals surface area contributed by atoms with E-state index in [0.29, 0.717) is 0 Å². The highest BCUT2D eigenvalue weighted by Gasteiger charge is 2.30. The lowest BCUT2D eigenvalue weighted by Gasteiger charge is -2.20. The number of amides is 1. The second-order valence-corrected chi connectivity index (χ2v) is 3.66. The van der Waals surface area contributed by atoms with E-state index in [-0.39, 0.29) is 24.6 Å². The summed E-state index contributed by atoms with van der Waals surface area (Å²) in [4.78, 5) is 12.2. The zero-order chi connectivity index (χ0) is 13.8. The zero-order valence-electron chi connectivity index (χ0n) is 9.75. The highest BCUT2D eigenvalue weighted by Crippen LogP contribution is 2.18. The van der Waals surface area contributed by atoms with Crippen molar-refractivity contribution in [2.45, 2.75) is 19.6 Å². The van der Waals surface area contributed by atoms with Gasteiger partial charge in [0.05, 0.1) is 13.1 Å². The molecule has 1 amide bonds. The van der Waals surface area contributed by atoms with Gasteiger partial charge < -0.3 is 4.42 Å². The van der Waals surface area contributed by atoms with Crippen LogP contribution in [0.15, 0.2) is 16.5 Å². The summed E-state index contributed by atoms with van der Waals surface area (Å²) in [6.07, 6.45) is -4.26. The van der Waals surface area contributed by atoms with E-state index in [1.54, 1.807) is 6.92 Å². The summed E-state index contributed by atoms with van der Waals surface area (Å²) in [5, 5.41) is 0. The van der Waals surface area contributed by atoms with Gasteiger partial charge in [0.25, 0.3) is 0 Å². The minimum atomic E-state index is -4.26. The Hall–Kier alpha value is -1.54. The summed E-state index contributed by atoms with van der Waals surface area (Å²) in [6, 6.07) is 2.81. The first kappa shape index (κ1) is 14.5. The second-order valence-electron chi connectivity index (χ2n) is 3.66. The Kier molecular flexibility index (Phi) is 4.74. The van der Waals surface area contributed by atoms with E-state index in [0.717, 1.165) is 4.90 Å². The molecule has 1 aromatic heterocycles. The van der Waals surface area contributed by atoms with E-state index in [1.165, 1.54) is 12.1 Å². The van der Waals surface area contributed by atoms with Crippen molar-refractivity contribution < 1.29 is 22.4 Å². The molecule has 0 bridgehead atoms. The Bertz CT molecular complexity index is 403. The smallest absolute Gasteiger partial charge is 0.401 e. The second kappa shape index (κ2) is 5.87. The molecule has 0 aromatic carbocycles. The number of hydrogen-bond acceptors (Lipinski definition) is 4. The van der Waals surface area contributed by atoms with Gasteiger partial charge in [-0.15, -0.1) is 0 Å². The Balaban J connectivity index is 2.65. The quantitative estimate of drug-likeness (QED) is 0.478. The normalized spacial score (nSPS) is 11.9. The summed E-state index contributed by atoms with van der Waals surface area (Å²) < 4.78 is 41.8. The SMILES string of the molecule is CCN(Cc1ccc(C(=O)NN)o1)CC(F)(F)F. The van der Waals surface area contributed by atoms with E-state index < -0.39 is 18.6 Å². The fraction of sp³-hybridized carbons (Fsp3) is 0.500. The number of nitrogens with two attached hydrogens (primary N) is 1. The van der Waals surface area contributed by atoms with Crippen LogP contribution in [-0.2, 0) is 6.54 Å². The molecular weight excluding hydrogens is 251 g/mol. The molecular formula is C10H14F3N3O2. The maximum absolute atomic E-state index is 12.2. The van der Waals surface area contributed by atoms with Crippen molar-refractivity contribution in [3.63, 3.8) is 0 Å². The van der Waals surface area contributed by atoms with Crippen LogP contribution in [0, 0.1) is 0 Å². The van der Waals surface area contributed by atoms with Crippen LogP contribution in [0.2, 0.25) is 0 Å². The Morgan fingerprint density at radius 3 is 2.67 bits per heavy atom. The fourth-order valence-corrected chi connectivity index (χ4v) is 1.41. The minimum absolute atomic E-state index is 0.0200. The van der Waals surface area contributed by atoms with Gasteiger partial charge in [0, 0.05) is 0 Å². The van der Waals surface area contributed by atoms with Gasteiger partial charge in [-0.25, -0.2) is 5.84 Å². The van der Waals surface area contributed by atoms with Gasteiger partial charge in [-0.2, -0.15) is 13.2 Å². The first-order valence-corrected chi connectivity index (χ1v) is 5.24. The first-order chi connectivity index (χ1) is 8.35. The molecule has 8 heteroatoms. The van der Waals surface area contributed by atoms with Crippen molar-refractivity contribution in [1.29, 1.82) is 0 Å². The molecule has 0 fully saturated rings. The van der Waals surface area contributed by atoms with Crippen LogP contribution >= 0.6 is 0 Å². The topological polar surface area (TPSA) is 71.5 Å². The number of nitrogens with one attached hydrogen (secondary N) is 1. The molecule has 1 aromatic rings. The molecule has 1 rings (SSSR count). The van der Waals surface area contributed by atoms with Crippen molar-refractivity contribution in [1.82, 2.24) is 10.3 Å². The number of nitrogens with zero attached hydrogens (tertiary/aromatic N) is 1. The Labute approximate surface area is 102 Å². The van der Waals surface area contributed by atoms with E-state index in [1.807, 2.05) is 5.43 Å². The van der Waals surface area contributed by atoms with E-state index >= 15 is 0 Å². The molecule has 0 aliphatic rings. The summed E-state index contributed by atoms with van der Waals surface area (Å²) in [5.41, 5.74) is 1.87. The number of halogens is 3. The van der Waals surface area contributed by atoms with Gasteiger partial charge in [-0.3, -0.25) is 15.1 Å². The molecule has 0 saturated carbocycles. The number of rotatable bonds is 5. The number of hydrazine groups is 1. The Morgan fingerprint density at radius 1 is 1.50 bits per heavy atom. The van der Waals surface area contributed by atoms with E-state index in [9.17, 15) is 18.0 Å². The predicted molar refractivity (Wildman–Crippen MR) is 57.4 cm³/mol. The van der Waals surface area contributed by atoms with E-state index in [2.05, 4.69) is 0 Å². The van der Waals surface area contributed by atoms with Crippen LogP contribution in [0.25, 0.3) is 0 Å². The molecule has 0 spiro atoms. The maximum Gasteiger partial charge on any atom is 0.401 e. The molecule has 0 aliphatic carbocycles. The lowest BCUT2D eigenvalue weighted by atomic mass is 10.3. The van der Waals surface area contributed by atoms with Crippen LogP contribution < -0.4 is 11.3 Å². The Morgan fingerprint density at radius 2 is 2.17 bits per heavy atom. The maximum atomic E-state index is 12.2. The minimum Gasteiger partial charge on any atom is -0.455 e. The lowest BCUT2D eigenvalue weighted by Crippen LogP contribution is -2.33. The molecule has 3 N–H and O–H groups in total. The monoisotopic (exact) mass is 265 g/mol. The van der Waals surface area contributed by atoms with Crippen molar-refractivity contribution in [2.24, 2.45) is 5.84 Å². The van der Waals surface area contributed by atoms with Crippen LogP contribution in [0.3, 0.4) is 0 Å². The molecule has 18 heavy (non-hydrogen) atoms. The standard InChI is InChI=1S/C10H14F3N3O2/c1-2-16(6-10(11,12)13)5-7-3-4-8(18-7)9(17)15-14/h3-4H,2,5-6,14H2,1H3,(H,15,17). The zero-order valence-corrected chi connectivity index (χ0v) is 9.75. The van der Waals surface area contributed by atoms with Gasteiger partial charge in [-0.1, -0.05) is 6.92 Å². The third-order valence-corrected chi connectivity index (χ3v) is 2.25. The molecule has 5 nitrogen and oxygen atoms in total. The van der Waals surface area contributed by atoms with Gasteiger partial charge >= 0.3 is 12.1 Å². The van der Waals surface area contributed by atoms with Gasteiger partial charge in [0.1, 0.15) is 5.76 Å². The summed E-state index contributed by atoms with van der Waals surface area (Å²) in [7, 11) is 0. The molecule has 0 radical (unpaired) electrons. The summed E-state index contributed by atoms with van der Waals surface area (Å²) >= 11 is 0. The van der Waals surface area contributed by atoms with Crippen molar-refractivity contribution in [2.75, 3.05) is 13.1 Å². The highest BCUT2D eigenvalue weighted by atomic mass is 19.4. The highest BCUT2D eigenvalue weighted by molar-refractivity contribution is 5.90. The van der Waals surface area contributed by atoms with Crippen molar-refractivity contribution >= 4 is 5.91 Å². The molecule has 0 atom stereocenters. The lowest BCUT2D eigenvalue weighted by molar-refractivity contribution is -0.147. The van der Waals surface area contributed by atoms with Crippen LogP contribution in [0.1, 0.15) is 23.2 Å². The number of furan rings is 1. The molecule has 0 saturated heterocycles. The molecule has 102 valence electrons. The molecule has 0 unspecified atom stereocenters. The molecule has 0 aliphatic heterocycles. The number of nitrogen functional groups attached to an aromatic ring is 1. The number of alkyl halides is 3. The number of carbonyl (C=O) groups is 1. The fourth-order valence-electron chi connectivity index (χ4n) is 1.41. The molecule has 1 heterocycles. The van der Waals surface area contributed by atoms with Crippen LogP contribution in [0.4, 0.5) is 13.2 Å². The summed E-state index contributed by atoms with van der Waals surface area (Å²) in [5.74, 6) is 4.53. The van der Waals surface area contributed by atoms with Gasteiger partial charge in [0.2, 0.25) is 0 Å². The third-order valence-electron chi connectivity index (χ3n) is 2.25. The van der Waals surface area contributed by atoms with Crippen molar-refractivity contribution in [3.05, 3.63) is 23.7 Å². The average molecular weight is 265 g/mol. The first-order valence-electron chi connectivity index (χ1n) is 5.24. The van der Waals surface area contributed by atoms with Gasteiger partial charge in [0.15, 0.2) is 5.76 Å². The van der Waals surface area contributed by atoms with Gasteiger partial charge in [-0.05, 0) is 18.7 Å². The van der Waals surface area contributed by atoms with Crippen LogP contribution in [0.5, 0.6) is 0 Å². The number of hydrogen-bond donors (Lipinski definition) is 2. The summed E-state index contributed by atoms with van der Waals surface area (Å²) in [6.45, 7) is 0.789. The van der Waals surface area contributed by atoms with Crippen LogP contribution in [-0.4, -0.2) is 30.1 Å². The van der Waals surface area contributed by atoms with Crippen molar-refractivity contribution in [3.8, 4) is 0 Å². The third kappa shape index (κ3) is 4.38.